The van der Waals surface area contributed by atoms with Gasteiger partial charge in [-0.25, -0.2) is 0 Å². The standard InChI is InChI=1S/C12H11N3S/c13-6-9(7-14)8-15-11-2-1-3-12-10(11)4-5-16-12/h4-5,8,11,15H,1-3H2. The van der Waals surface area contributed by atoms with Gasteiger partial charge in [-0.1, -0.05) is 0 Å². The van der Waals surface area contributed by atoms with Crippen LogP contribution in [0.3, 0.4) is 0 Å². The summed E-state index contributed by atoms with van der Waals surface area (Å²) in [5, 5.41) is 22.5. The van der Waals surface area contributed by atoms with Crippen LogP contribution in [0.1, 0.15) is 29.3 Å². The van der Waals surface area contributed by atoms with Crippen molar-refractivity contribution >= 4 is 11.3 Å². The van der Waals surface area contributed by atoms with Crippen LogP contribution in [0.4, 0.5) is 0 Å². The number of thiophene rings is 1. The molecule has 1 aromatic heterocycles. The lowest BCUT2D eigenvalue weighted by Gasteiger charge is -2.22. The van der Waals surface area contributed by atoms with Crippen LogP contribution >= 0.6 is 11.3 Å². The Morgan fingerprint density at radius 1 is 1.50 bits per heavy atom. The summed E-state index contributed by atoms with van der Waals surface area (Å²) in [6, 6.07) is 6.08. The molecule has 16 heavy (non-hydrogen) atoms. The summed E-state index contributed by atoms with van der Waals surface area (Å²) in [5.74, 6) is 0. The highest BCUT2D eigenvalue weighted by atomic mass is 32.1. The molecule has 1 heterocycles. The van der Waals surface area contributed by atoms with Crippen molar-refractivity contribution in [1.29, 1.82) is 10.5 Å². The first kappa shape index (κ1) is 10.7. The Morgan fingerprint density at radius 3 is 3.06 bits per heavy atom. The van der Waals surface area contributed by atoms with Crippen LogP contribution in [-0.2, 0) is 6.42 Å². The SMILES string of the molecule is N#CC(C#N)=CNC1CCCc2sccc21. The van der Waals surface area contributed by atoms with Crippen LogP contribution in [-0.4, -0.2) is 0 Å². The molecule has 1 N–H and O–H groups in total. The first-order chi connectivity index (χ1) is 7.85. The molecule has 0 bridgehead atoms. The van der Waals surface area contributed by atoms with E-state index in [2.05, 4.69) is 16.8 Å². The van der Waals surface area contributed by atoms with E-state index < -0.39 is 0 Å². The lowest BCUT2D eigenvalue weighted by Crippen LogP contribution is -2.19. The highest BCUT2D eigenvalue weighted by Gasteiger charge is 2.19. The molecular formula is C12H11N3S. The third-order valence-corrected chi connectivity index (χ3v) is 3.72. The zero-order valence-corrected chi connectivity index (χ0v) is 9.55. The number of hydrogen-bond donors (Lipinski definition) is 1. The summed E-state index contributed by atoms with van der Waals surface area (Å²) < 4.78 is 0. The van der Waals surface area contributed by atoms with Crippen LogP contribution in [0, 0.1) is 22.7 Å². The molecule has 0 aromatic carbocycles. The van der Waals surface area contributed by atoms with E-state index in [0.717, 1.165) is 19.3 Å². The Labute approximate surface area is 98.6 Å². The maximum absolute atomic E-state index is 8.63. The fourth-order valence-corrected chi connectivity index (χ4v) is 2.92. The van der Waals surface area contributed by atoms with Crippen LogP contribution in [0.5, 0.6) is 0 Å². The molecule has 1 aliphatic rings. The monoisotopic (exact) mass is 229 g/mol. The maximum Gasteiger partial charge on any atom is 0.145 e. The lowest BCUT2D eigenvalue weighted by molar-refractivity contribution is 0.518. The quantitative estimate of drug-likeness (QED) is 0.793. The largest absolute Gasteiger partial charge is 0.382 e. The summed E-state index contributed by atoms with van der Waals surface area (Å²) in [5.41, 5.74) is 1.45. The van der Waals surface area contributed by atoms with E-state index in [1.54, 1.807) is 11.3 Å². The second-order valence-electron chi connectivity index (χ2n) is 3.69. The molecule has 3 nitrogen and oxygen atoms in total. The van der Waals surface area contributed by atoms with E-state index in [0.29, 0.717) is 0 Å². The Morgan fingerprint density at radius 2 is 2.31 bits per heavy atom. The third kappa shape index (κ3) is 2.08. The predicted octanol–water partition coefficient (Wildman–Crippen LogP) is 2.65. The molecule has 0 radical (unpaired) electrons. The summed E-state index contributed by atoms with van der Waals surface area (Å²) >= 11 is 1.78. The number of nitrogens with zero attached hydrogens (tertiary/aromatic N) is 2. The minimum absolute atomic E-state index is 0.127. The molecule has 1 unspecified atom stereocenters. The number of aryl methyl sites for hydroxylation is 1. The number of nitriles is 2. The summed E-state index contributed by atoms with van der Waals surface area (Å²) in [7, 11) is 0. The second-order valence-corrected chi connectivity index (χ2v) is 4.69. The molecule has 0 spiro atoms. The van der Waals surface area contributed by atoms with Gasteiger partial charge < -0.3 is 5.32 Å². The average molecular weight is 229 g/mol. The molecule has 0 saturated carbocycles. The van der Waals surface area contributed by atoms with Gasteiger partial charge in [0.05, 0.1) is 6.04 Å². The number of allylic oxidation sites excluding steroid dienone is 1. The van der Waals surface area contributed by atoms with Gasteiger partial charge in [0, 0.05) is 11.1 Å². The summed E-state index contributed by atoms with van der Waals surface area (Å²) in [4.78, 5) is 1.42. The molecular weight excluding hydrogens is 218 g/mol. The van der Waals surface area contributed by atoms with Crippen LogP contribution < -0.4 is 5.32 Å². The lowest BCUT2D eigenvalue weighted by atomic mass is 9.94. The van der Waals surface area contributed by atoms with Gasteiger partial charge in [0.15, 0.2) is 0 Å². The summed E-state index contributed by atoms with van der Waals surface area (Å²) in [6.07, 6.45) is 4.90. The number of rotatable bonds is 2. The molecule has 0 aliphatic heterocycles. The molecule has 0 amide bonds. The Kier molecular flexibility index (Phi) is 3.24. The van der Waals surface area contributed by atoms with Crippen LogP contribution in [0.25, 0.3) is 0 Å². The van der Waals surface area contributed by atoms with Gasteiger partial charge in [-0.2, -0.15) is 10.5 Å². The predicted molar refractivity (Wildman–Crippen MR) is 62.4 cm³/mol. The van der Waals surface area contributed by atoms with Gasteiger partial charge >= 0.3 is 0 Å². The zero-order chi connectivity index (χ0) is 11.4. The van der Waals surface area contributed by atoms with Crippen LogP contribution in [0.2, 0.25) is 0 Å². The highest BCUT2D eigenvalue weighted by molar-refractivity contribution is 7.10. The van der Waals surface area contributed by atoms with Crippen molar-refractivity contribution in [3.8, 4) is 12.1 Å². The van der Waals surface area contributed by atoms with Crippen molar-refractivity contribution in [2.45, 2.75) is 25.3 Å². The topological polar surface area (TPSA) is 59.6 Å². The highest BCUT2D eigenvalue weighted by Crippen LogP contribution is 2.33. The van der Waals surface area contributed by atoms with Crippen molar-refractivity contribution in [2.24, 2.45) is 0 Å². The van der Waals surface area contributed by atoms with Gasteiger partial charge in [-0.05, 0) is 36.3 Å². The maximum atomic E-state index is 8.63. The summed E-state index contributed by atoms with van der Waals surface area (Å²) in [6.45, 7) is 0. The van der Waals surface area contributed by atoms with E-state index in [4.69, 9.17) is 10.5 Å². The Balaban J connectivity index is 2.12. The first-order valence-electron chi connectivity index (χ1n) is 5.18. The first-order valence-corrected chi connectivity index (χ1v) is 6.06. The van der Waals surface area contributed by atoms with Crippen molar-refractivity contribution in [3.63, 3.8) is 0 Å². The van der Waals surface area contributed by atoms with Gasteiger partial charge in [0.25, 0.3) is 0 Å². The van der Waals surface area contributed by atoms with Crippen molar-refractivity contribution < 1.29 is 0 Å². The molecule has 0 saturated heterocycles. The number of hydrogen-bond acceptors (Lipinski definition) is 4. The Hall–Kier alpha value is -1.78. The van der Waals surface area contributed by atoms with Gasteiger partial charge in [-0.3, -0.25) is 0 Å². The molecule has 1 aromatic rings. The van der Waals surface area contributed by atoms with E-state index in [9.17, 15) is 0 Å². The van der Waals surface area contributed by atoms with E-state index >= 15 is 0 Å². The molecule has 0 fully saturated rings. The zero-order valence-electron chi connectivity index (χ0n) is 8.73. The Bertz CT molecular complexity index is 471. The van der Waals surface area contributed by atoms with Gasteiger partial charge in [-0.15, -0.1) is 11.3 Å². The van der Waals surface area contributed by atoms with E-state index in [-0.39, 0.29) is 11.6 Å². The average Bonchev–Trinajstić information content (AvgIpc) is 2.79. The van der Waals surface area contributed by atoms with E-state index in [1.165, 1.54) is 16.6 Å². The minimum atomic E-state index is 0.127. The van der Waals surface area contributed by atoms with Crippen molar-refractivity contribution in [3.05, 3.63) is 33.7 Å². The molecule has 4 heteroatoms. The second kappa shape index (κ2) is 4.83. The molecule has 80 valence electrons. The number of fused-ring (bicyclic) bond motifs is 1. The normalized spacial score (nSPS) is 17.8. The fourth-order valence-electron chi connectivity index (χ4n) is 1.93. The molecule has 2 rings (SSSR count). The van der Waals surface area contributed by atoms with Crippen molar-refractivity contribution in [2.75, 3.05) is 0 Å². The van der Waals surface area contributed by atoms with Crippen LogP contribution in [0.15, 0.2) is 23.2 Å². The minimum Gasteiger partial charge on any atom is -0.382 e. The van der Waals surface area contributed by atoms with Gasteiger partial charge in [0.1, 0.15) is 17.7 Å². The fraction of sp³-hybridized carbons (Fsp3) is 0.333. The molecule has 1 atom stereocenters. The smallest absolute Gasteiger partial charge is 0.145 e. The van der Waals surface area contributed by atoms with E-state index in [1.807, 2.05) is 12.1 Å². The van der Waals surface area contributed by atoms with Gasteiger partial charge in [0.2, 0.25) is 0 Å². The molecule has 1 aliphatic carbocycles. The van der Waals surface area contributed by atoms with Crippen molar-refractivity contribution in [1.82, 2.24) is 5.32 Å². The number of nitrogens with one attached hydrogen (secondary N) is 1. The third-order valence-electron chi connectivity index (χ3n) is 2.72.